The number of benzene rings is 1. The quantitative estimate of drug-likeness (QED) is 0.848. The normalized spacial score (nSPS) is 15.7. The van der Waals surface area contributed by atoms with Gasteiger partial charge in [0.15, 0.2) is 0 Å². The minimum Gasteiger partial charge on any atom is -0.397 e. The van der Waals surface area contributed by atoms with Crippen LogP contribution in [0.15, 0.2) is 23.6 Å². The first kappa shape index (κ1) is 12.5. The summed E-state index contributed by atoms with van der Waals surface area (Å²) in [7, 11) is 0. The average molecular weight is 273 g/mol. The van der Waals surface area contributed by atoms with Crippen LogP contribution in [-0.2, 0) is 0 Å². The fourth-order valence-electron chi connectivity index (χ4n) is 2.63. The van der Waals surface area contributed by atoms with Gasteiger partial charge in [0.2, 0.25) is 0 Å². The summed E-state index contributed by atoms with van der Waals surface area (Å²) in [5, 5.41) is 3.18. The fraction of sp³-hybridized carbons (Fsp3) is 0.400. The molecule has 1 aliphatic rings. The predicted molar refractivity (Wildman–Crippen MR) is 82.8 cm³/mol. The van der Waals surface area contributed by atoms with Crippen molar-refractivity contribution in [1.29, 1.82) is 0 Å². The maximum Gasteiger partial charge on any atom is 0.0901 e. The zero-order valence-corrected chi connectivity index (χ0v) is 12.0. The van der Waals surface area contributed by atoms with Gasteiger partial charge in [-0.2, -0.15) is 0 Å². The van der Waals surface area contributed by atoms with Crippen LogP contribution in [0.4, 0.5) is 11.4 Å². The van der Waals surface area contributed by atoms with E-state index in [1.165, 1.54) is 24.9 Å². The number of aromatic nitrogens is 1. The highest BCUT2D eigenvalue weighted by atomic mass is 32.1. The van der Waals surface area contributed by atoms with E-state index in [1.807, 2.05) is 6.92 Å². The van der Waals surface area contributed by atoms with Crippen LogP contribution >= 0.6 is 11.3 Å². The van der Waals surface area contributed by atoms with E-state index in [-0.39, 0.29) is 0 Å². The Balaban J connectivity index is 1.89. The highest BCUT2D eigenvalue weighted by Gasteiger charge is 2.14. The van der Waals surface area contributed by atoms with Gasteiger partial charge in [-0.1, -0.05) is 6.07 Å². The van der Waals surface area contributed by atoms with Gasteiger partial charge in [0.1, 0.15) is 0 Å². The summed E-state index contributed by atoms with van der Waals surface area (Å²) >= 11 is 1.68. The van der Waals surface area contributed by atoms with Crippen LogP contribution in [0.25, 0.3) is 11.3 Å². The second-order valence-corrected chi connectivity index (χ2v) is 6.14. The molecule has 1 aromatic carbocycles. The topological polar surface area (TPSA) is 42.2 Å². The van der Waals surface area contributed by atoms with Crippen LogP contribution in [-0.4, -0.2) is 18.1 Å². The Kier molecular flexibility index (Phi) is 3.42. The Morgan fingerprint density at radius 3 is 2.63 bits per heavy atom. The van der Waals surface area contributed by atoms with E-state index in [2.05, 4.69) is 33.5 Å². The molecule has 0 bridgehead atoms. The molecule has 0 saturated carbocycles. The number of nitrogens with zero attached hydrogens (tertiary/aromatic N) is 2. The van der Waals surface area contributed by atoms with E-state index < -0.39 is 0 Å². The first-order chi connectivity index (χ1) is 9.24. The largest absolute Gasteiger partial charge is 0.397 e. The molecule has 2 heterocycles. The lowest BCUT2D eigenvalue weighted by Crippen LogP contribution is -2.29. The molecule has 100 valence electrons. The van der Waals surface area contributed by atoms with Gasteiger partial charge < -0.3 is 10.6 Å². The minimum atomic E-state index is 0.866. The van der Waals surface area contributed by atoms with Gasteiger partial charge in [0.25, 0.3) is 0 Å². The van der Waals surface area contributed by atoms with E-state index in [0.717, 1.165) is 35.0 Å². The van der Waals surface area contributed by atoms with Crippen LogP contribution in [0.2, 0.25) is 0 Å². The van der Waals surface area contributed by atoms with Crippen molar-refractivity contribution in [2.45, 2.75) is 26.2 Å². The summed E-state index contributed by atoms with van der Waals surface area (Å²) in [6.45, 7) is 4.28. The molecule has 0 spiro atoms. The van der Waals surface area contributed by atoms with Crippen molar-refractivity contribution in [3.63, 3.8) is 0 Å². The Morgan fingerprint density at radius 2 is 2.00 bits per heavy atom. The number of rotatable bonds is 2. The SMILES string of the molecule is Cc1nc(-c2ccc(N3CCCCC3)c(N)c2)cs1. The zero-order valence-electron chi connectivity index (χ0n) is 11.2. The minimum absolute atomic E-state index is 0.866. The van der Waals surface area contributed by atoms with Crippen molar-refractivity contribution in [1.82, 2.24) is 4.98 Å². The molecular weight excluding hydrogens is 254 g/mol. The first-order valence-corrected chi connectivity index (χ1v) is 7.69. The summed E-state index contributed by atoms with van der Waals surface area (Å²) in [4.78, 5) is 6.91. The molecule has 19 heavy (non-hydrogen) atoms. The summed E-state index contributed by atoms with van der Waals surface area (Å²) in [6, 6.07) is 6.33. The molecule has 0 amide bonds. The molecule has 2 aromatic rings. The molecule has 3 nitrogen and oxygen atoms in total. The predicted octanol–water partition coefficient (Wildman–Crippen LogP) is 3.69. The lowest BCUT2D eigenvalue weighted by molar-refractivity contribution is 0.578. The molecule has 2 N–H and O–H groups in total. The number of hydrogen-bond acceptors (Lipinski definition) is 4. The Labute approximate surface area is 118 Å². The number of thiazole rings is 1. The smallest absolute Gasteiger partial charge is 0.0901 e. The number of hydrogen-bond donors (Lipinski definition) is 1. The molecule has 1 aromatic heterocycles. The third-order valence-corrected chi connectivity index (χ3v) is 4.41. The fourth-order valence-corrected chi connectivity index (χ4v) is 3.25. The lowest BCUT2D eigenvalue weighted by atomic mass is 10.1. The van der Waals surface area contributed by atoms with Crippen molar-refractivity contribution >= 4 is 22.7 Å². The monoisotopic (exact) mass is 273 g/mol. The molecule has 0 radical (unpaired) electrons. The molecular formula is C15H19N3S. The van der Waals surface area contributed by atoms with Crippen molar-refractivity contribution in [2.75, 3.05) is 23.7 Å². The Hall–Kier alpha value is -1.55. The average Bonchev–Trinajstić information content (AvgIpc) is 2.86. The van der Waals surface area contributed by atoms with Crippen LogP contribution in [0, 0.1) is 6.92 Å². The van der Waals surface area contributed by atoms with Crippen molar-refractivity contribution < 1.29 is 0 Å². The van der Waals surface area contributed by atoms with E-state index in [0.29, 0.717) is 0 Å². The molecule has 4 heteroatoms. The second kappa shape index (κ2) is 5.21. The number of piperidine rings is 1. The molecule has 1 aliphatic heterocycles. The van der Waals surface area contributed by atoms with Crippen LogP contribution < -0.4 is 10.6 Å². The highest BCUT2D eigenvalue weighted by molar-refractivity contribution is 7.09. The maximum absolute atomic E-state index is 6.23. The summed E-state index contributed by atoms with van der Waals surface area (Å²) in [5.74, 6) is 0. The molecule has 3 rings (SSSR count). The Morgan fingerprint density at radius 1 is 1.21 bits per heavy atom. The lowest BCUT2D eigenvalue weighted by Gasteiger charge is -2.30. The number of nitrogens with two attached hydrogens (primary N) is 1. The first-order valence-electron chi connectivity index (χ1n) is 6.81. The van der Waals surface area contributed by atoms with Gasteiger partial charge in [-0.05, 0) is 38.3 Å². The van der Waals surface area contributed by atoms with E-state index in [4.69, 9.17) is 5.73 Å². The summed E-state index contributed by atoms with van der Waals surface area (Å²) in [5.41, 5.74) is 10.4. The van der Waals surface area contributed by atoms with Crippen LogP contribution in [0.5, 0.6) is 0 Å². The Bertz CT molecular complexity index is 571. The van der Waals surface area contributed by atoms with Crippen LogP contribution in [0.3, 0.4) is 0 Å². The number of aryl methyl sites for hydroxylation is 1. The van der Waals surface area contributed by atoms with Crippen LogP contribution in [0.1, 0.15) is 24.3 Å². The van der Waals surface area contributed by atoms with Crippen molar-refractivity contribution in [3.8, 4) is 11.3 Å². The molecule has 0 atom stereocenters. The van der Waals surface area contributed by atoms with E-state index in [1.54, 1.807) is 11.3 Å². The van der Waals surface area contributed by atoms with E-state index in [9.17, 15) is 0 Å². The number of nitrogen functional groups attached to an aromatic ring is 1. The van der Waals surface area contributed by atoms with Gasteiger partial charge >= 0.3 is 0 Å². The van der Waals surface area contributed by atoms with Gasteiger partial charge in [-0.15, -0.1) is 11.3 Å². The third-order valence-electron chi connectivity index (χ3n) is 3.64. The third kappa shape index (κ3) is 2.59. The van der Waals surface area contributed by atoms with E-state index >= 15 is 0 Å². The van der Waals surface area contributed by atoms with Gasteiger partial charge in [-0.3, -0.25) is 0 Å². The summed E-state index contributed by atoms with van der Waals surface area (Å²) < 4.78 is 0. The highest BCUT2D eigenvalue weighted by Crippen LogP contribution is 2.31. The van der Waals surface area contributed by atoms with Gasteiger partial charge in [0, 0.05) is 24.0 Å². The number of anilines is 2. The molecule has 1 saturated heterocycles. The zero-order chi connectivity index (χ0) is 13.2. The maximum atomic E-state index is 6.23. The summed E-state index contributed by atoms with van der Waals surface area (Å²) in [6.07, 6.45) is 3.88. The van der Waals surface area contributed by atoms with Crippen molar-refractivity contribution in [2.24, 2.45) is 0 Å². The van der Waals surface area contributed by atoms with Gasteiger partial charge in [0.05, 0.1) is 22.1 Å². The standard InChI is InChI=1S/C15H19N3S/c1-11-17-14(10-19-11)12-5-6-15(13(16)9-12)18-7-3-2-4-8-18/h5-6,9-10H,2-4,7-8,16H2,1H3. The second-order valence-electron chi connectivity index (χ2n) is 5.07. The molecule has 0 unspecified atom stereocenters. The molecule has 0 aliphatic carbocycles. The van der Waals surface area contributed by atoms with Gasteiger partial charge in [-0.25, -0.2) is 4.98 Å². The molecule has 1 fully saturated rings. The van der Waals surface area contributed by atoms with Crippen molar-refractivity contribution in [3.05, 3.63) is 28.6 Å².